The van der Waals surface area contributed by atoms with Crippen LogP contribution in [0.25, 0.3) is 0 Å². The number of hydrogen-bond donors (Lipinski definition) is 1. The third-order valence-electron chi connectivity index (χ3n) is 3.19. The van der Waals surface area contributed by atoms with Gasteiger partial charge in [-0.25, -0.2) is 0 Å². The topological polar surface area (TPSA) is 39.1 Å². The first-order valence-electron chi connectivity index (χ1n) is 6.66. The fourth-order valence-corrected chi connectivity index (χ4v) is 3.47. The van der Waals surface area contributed by atoms with Crippen LogP contribution in [0, 0.1) is 6.92 Å². The monoisotopic (exact) mass is 313 g/mol. The molecule has 0 aliphatic rings. The molecule has 110 valence electrons. The van der Waals surface area contributed by atoms with E-state index < -0.39 is 0 Å². The van der Waals surface area contributed by atoms with Crippen molar-refractivity contribution in [1.29, 1.82) is 0 Å². The summed E-state index contributed by atoms with van der Waals surface area (Å²) in [5.41, 5.74) is 2.28. The van der Waals surface area contributed by atoms with Crippen LogP contribution in [-0.2, 0) is 11.3 Å². The number of hydrogen-bond acceptors (Lipinski definition) is 4. The maximum absolute atomic E-state index is 6.36. The molecule has 2 aromatic rings. The van der Waals surface area contributed by atoms with Crippen LogP contribution in [0.2, 0.25) is 5.02 Å². The number of halogens is 1. The van der Waals surface area contributed by atoms with Gasteiger partial charge in [0.2, 0.25) is 0 Å². The van der Waals surface area contributed by atoms with Crippen molar-refractivity contribution in [1.82, 2.24) is 15.1 Å². The van der Waals surface area contributed by atoms with Crippen LogP contribution < -0.4 is 5.32 Å². The molecule has 20 heavy (non-hydrogen) atoms. The van der Waals surface area contributed by atoms with E-state index in [1.54, 1.807) is 24.6 Å². The lowest BCUT2D eigenvalue weighted by Crippen LogP contribution is -2.25. The lowest BCUT2D eigenvalue weighted by atomic mass is 10.1. The van der Waals surface area contributed by atoms with E-state index >= 15 is 0 Å². The molecule has 0 saturated carbocycles. The first-order valence-corrected chi connectivity index (χ1v) is 7.92. The molecule has 0 saturated heterocycles. The highest BCUT2D eigenvalue weighted by molar-refractivity contribution is 7.10. The predicted octanol–water partition coefficient (Wildman–Crippen LogP) is 3.25. The Hall–Kier alpha value is -0.880. The highest BCUT2D eigenvalue weighted by atomic mass is 35.5. The van der Waals surface area contributed by atoms with Crippen LogP contribution in [0.3, 0.4) is 0 Å². The van der Waals surface area contributed by atoms with Crippen molar-refractivity contribution in [2.75, 3.05) is 20.3 Å². The summed E-state index contributed by atoms with van der Waals surface area (Å²) in [4.78, 5) is 1.29. The molecule has 0 aliphatic heterocycles. The molecule has 0 aliphatic carbocycles. The Labute approximate surface area is 128 Å². The molecule has 4 nitrogen and oxygen atoms in total. The van der Waals surface area contributed by atoms with Crippen molar-refractivity contribution in [3.63, 3.8) is 0 Å². The van der Waals surface area contributed by atoms with Crippen molar-refractivity contribution in [3.8, 4) is 0 Å². The smallest absolute Gasteiger partial charge is 0.0859 e. The Kier molecular flexibility index (Phi) is 5.60. The number of aromatic nitrogens is 2. The maximum Gasteiger partial charge on any atom is 0.0859 e. The predicted molar refractivity (Wildman–Crippen MR) is 83.7 cm³/mol. The summed E-state index contributed by atoms with van der Waals surface area (Å²) in [7, 11) is 1.69. The molecule has 2 heterocycles. The largest absolute Gasteiger partial charge is 0.383 e. The van der Waals surface area contributed by atoms with E-state index in [0.29, 0.717) is 18.2 Å². The molecule has 0 radical (unpaired) electrons. The molecule has 1 unspecified atom stereocenters. The molecule has 0 aromatic carbocycles. The molecule has 0 spiro atoms. The van der Waals surface area contributed by atoms with Crippen molar-refractivity contribution in [2.24, 2.45) is 0 Å². The quantitative estimate of drug-likeness (QED) is 0.853. The van der Waals surface area contributed by atoms with Gasteiger partial charge in [0.15, 0.2) is 0 Å². The summed E-state index contributed by atoms with van der Waals surface area (Å²) < 4.78 is 7.07. The maximum atomic E-state index is 6.36. The van der Waals surface area contributed by atoms with E-state index in [0.717, 1.165) is 12.2 Å². The SMILES string of the molecule is CCNC(c1sccc1C)c1c(Cl)cnn1CCOC. The number of ether oxygens (including phenoxy) is 1. The second-order valence-corrected chi connectivity index (χ2v) is 5.91. The van der Waals surface area contributed by atoms with Crippen molar-refractivity contribution < 1.29 is 4.74 Å². The Balaban J connectivity index is 2.39. The third kappa shape index (κ3) is 3.23. The van der Waals surface area contributed by atoms with E-state index in [-0.39, 0.29) is 6.04 Å². The number of aryl methyl sites for hydroxylation is 1. The molecule has 6 heteroatoms. The van der Waals surface area contributed by atoms with Crippen LogP contribution in [0.4, 0.5) is 0 Å². The van der Waals surface area contributed by atoms with Gasteiger partial charge in [0.25, 0.3) is 0 Å². The fourth-order valence-electron chi connectivity index (χ4n) is 2.21. The molecule has 0 bridgehead atoms. The lowest BCUT2D eigenvalue weighted by Gasteiger charge is -2.20. The fraction of sp³-hybridized carbons (Fsp3) is 0.500. The second-order valence-electron chi connectivity index (χ2n) is 4.55. The molecule has 2 aromatic heterocycles. The van der Waals surface area contributed by atoms with Crippen molar-refractivity contribution in [2.45, 2.75) is 26.4 Å². The summed E-state index contributed by atoms with van der Waals surface area (Å²) >= 11 is 8.11. The van der Waals surface area contributed by atoms with E-state index in [4.69, 9.17) is 16.3 Å². The van der Waals surface area contributed by atoms with Gasteiger partial charge in [-0.15, -0.1) is 11.3 Å². The molecular formula is C14H20ClN3OS. The Morgan fingerprint density at radius 2 is 2.35 bits per heavy atom. The van der Waals surface area contributed by atoms with Crippen LogP contribution in [0.5, 0.6) is 0 Å². The standard InChI is InChI=1S/C14H20ClN3OS/c1-4-16-12(14-10(2)5-8-20-14)13-11(15)9-17-18(13)6-7-19-3/h5,8-9,12,16H,4,6-7H2,1-3H3. The molecule has 1 atom stereocenters. The number of methoxy groups -OCH3 is 1. The van der Waals surface area contributed by atoms with E-state index in [1.165, 1.54) is 10.4 Å². The minimum atomic E-state index is 0.0758. The van der Waals surface area contributed by atoms with E-state index in [9.17, 15) is 0 Å². The van der Waals surface area contributed by atoms with Gasteiger partial charge in [0, 0.05) is 12.0 Å². The normalized spacial score (nSPS) is 12.8. The Bertz CT molecular complexity index is 552. The molecular weight excluding hydrogens is 294 g/mol. The van der Waals surface area contributed by atoms with Gasteiger partial charge >= 0.3 is 0 Å². The zero-order valence-corrected chi connectivity index (χ0v) is 13.6. The average Bonchev–Trinajstić information content (AvgIpc) is 3.01. The Morgan fingerprint density at radius 1 is 1.55 bits per heavy atom. The van der Waals surface area contributed by atoms with Gasteiger partial charge < -0.3 is 10.1 Å². The van der Waals surface area contributed by atoms with Crippen LogP contribution >= 0.6 is 22.9 Å². The number of rotatable bonds is 7. The van der Waals surface area contributed by atoms with Crippen LogP contribution in [0.15, 0.2) is 17.6 Å². The summed E-state index contributed by atoms with van der Waals surface area (Å²) in [5, 5.41) is 10.7. The first kappa shape index (κ1) is 15.5. The van der Waals surface area contributed by atoms with E-state index in [2.05, 4.69) is 35.7 Å². The highest BCUT2D eigenvalue weighted by Crippen LogP contribution is 2.33. The van der Waals surface area contributed by atoms with E-state index in [1.807, 2.05) is 4.68 Å². The van der Waals surface area contributed by atoms with Gasteiger partial charge in [-0.1, -0.05) is 18.5 Å². The van der Waals surface area contributed by atoms with Gasteiger partial charge in [-0.05, 0) is 30.5 Å². The summed E-state index contributed by atoms with van der Waals surface area (Å²) in [5.74, 6) is 0. The summed E-state index contributed by atoms with van der Waals surface area (Å²) in [6.07, 6.45) is 1.71. The average molecular weight is 314 g/mol. The van der Waals surface area contributed by atoms with Gasteiger partial charge in [0.05, 0.1) is 36.1 Å². The third-order valence-corrected chi connectivity index (χ3v) is 4.56. The minimum Gasteiger partial charge on any atom is -0.383 e. The summed E-state index contributed by atoms with van der Waals surface area (Å²) in [6.45, 7) is 6.41. The second kappa shape index (κ2) is 7.22. The highest BCUT2D eigenvalue weighted by Gasteiger charge is 2.23. The van der Waals surface area contributed by atoms with Gasteiger partial charge in [-0.2, -0.15) is 5.10 Å². The van der Waals surface area contributed by atoms with Crippen molar-refractivity contribution in [3.05, 3.63) is 38.8 Å². The number of nitrogens with zero attached hydrogens (tertiary/aromatic N) is 2. The lowest BCUT2D eigenvalue weighted by molar-refractivity contribution is 0.182. The summed E-state index contributed by atoms with van der Waals surface area (Å²) in [6, 6.07) is 2.21. The number of nitrogens with one attached hydrogen (secondary N) is 1. The van der Waals surface area contributed by atoms with Gasteiger partial charge in [0.1, 0.15) is 0 Å². The Morgan fingerprint density at radius 3 is 2.95 bits per heavy atom. The number of thiophene rings is 1. The molecule has 0 fully saturated rings. The minimum absolute atomic E-state index is 0.0758. The molecule has 2 rings (SSSR count). The van der Waals surface area contributed by atoms with Crippen LogP contribution in [-0.4, -0.2) is 30.0 Å². The molecule has 1 N–H and O–H groups in total. The zero-order chi connectivity index (χ0) is 14.5. The first-order chi connectivity index (χ1) is 9.69. The molecule has 0 amide bonds. The van der Waals surface area contributed by atoms with Crippen LogP contribution in [0.1, 0.15) is 29.1 Å². The van der Waals surface area contributed by atoms with Gasteiger partial charge in [-0.3, -0.25) is 4.68 Å². The zero-order valence-electron chi connectivity index (χ0n) is 12.0. The van der Waals surface area contributed by atoms with Crippen molar-refractivity contribution >= 4 is 22.9 Å².